The SMILES string of the molecule is COc1ccc([C@H]2Oc3ccc(Cl)cc3[C@H]3CC(c4cccs4)=NN32)cc1Br. The number of methoxy groups -OCH3 is 1. The summed E-state index contributed by atoms with van der Waals surface area (Å²) >= 11 is 11.6. The molecule has 0 radical (unpaired) electrons. The third-order valence-electron chi connectivity index (χ3n) is 5.02. The van der Waals surface area contributed by atoms with E-state index < -0.39 is 0 Å². The predicted molar refractivity (Wildman–Crippen MR) is 116 cm³/mol. The number of hydrogen-bond acceptors (Lipinski definition) is 5. The molecule has 2 aromatic carbocycles. The van der Waals surface area contributed by atoms with E-state index >= 15 is 0 Å². The number of fused-ring (bicyclic) bond motifs is 3. The van der Waals surface area contributed by atoms with Crippen molar-refractivity contribution in [3.8, 4) is 11.5 Å². The average Bonchev–Trinajstić information content (AvgIpc) is 3.37. The lowest BCUT2D eigenvalue weighted by molar-refractivity contribution is -0.0190. The molecule has 3 aromatic rings. The molecule has 4 nitrogen and oxygen atoms in total. The van der Waals surface area contributed by atoms with Gasteiger partial charge < -0.3 is 9.47 Å². The van der Waals surface area contributed by atoms with Gasteiger partial charge in [0.25, 0.3) is 0 Å². The van der Waals surface area contributed by atoms with Gasteiger partial charge in [-0.3, -0.25) is 0 Å². The Morgan fingerprint density at radius 3 is 2.89 bits per heavy atom. The molecular weight excluding hydrogens is 460 g/mol. The van der Waals surface area contributed by atoms with E-state index in [0.717, 1.165) is 39.2 Å². The fourth-order valence-electron chi connectivity index (χ4n) is 3.71. The first kappa shape index (κ1) is 18.0. The number of ether oxygens (including phenoxy) is 2. The van der Waals surface area contributed by atoms with Gasteiger partial charge in [0.2, 0.25) is 6.23 Å². The van der Waals surface area contributed by atoms with Crippen LogP contribution >= 0.6 is 38.9 Å². The van der Waals surface area contributed by atoms with E-state index in [2.05, 4.69) is 38.5 Å². The molecule has 2 aliphatic heterocycles. The highest BCUT2D eigenvalue weighted by Crippen LogP contribution is 2.48. The van der Waals surface area contributed by atoms with Crippen LogP contribution < -0.4 is 9.47 Å². The molecule has 0 saturated carbocycles. The third kappa shape index (κ3) is 3.00. The second-order valence-electron chi connectivity index (χ2n) is 6.67. The van der Waals surface area contributed by atoms with E-state index in [-0.39, 0.29) is 12.3 Å². The fraction of sp³-hybridized carbons (Fsp3) is 0.190. The standard InChI is InChI=1S/C21H16BrClN2O2S/c1-26-19-6-4-12(9-15(19)22)21-25-17(11-16(24-25)20-3-2-8-28-20)14-10-13(23)5-7-18(14)27-21/h2-10,17,21H,11H2,1H3/t17-,21-/m1/s1. The zero-order valence-corrected chi connectivity index (χ0v) is 18.1. The summed E-state index contributed by atoms with van der Waals surface area (Å²) < 4.78 is 12.6. The Labute approximate surface area is 180 Å². The normalized spacial score (nSPS) is 20.2. The Morgan fingerprint density at radius 1 is 1.25 bits per heavy atom. The van der Waals surface area contributed by atoms with Gasteiger partial charge >= 0.3 is 0 Å². The number of benzene rings is 2. The van der Waals surface area contributed by atoms with Gasteiger partial charge in [-0.25, -0.2) is 5.01 Å². The maximum atomic E-state index is 6.38. The van der Waals surface area contributed by atoms with Crippen molar-refractivity contribution in [3.63, 3.8) is 0 Å². The molecule has 0 N–H and O–H groups in total. The van der Waals surface area contributed by atoms with Crippen LogP contribution in [0, 0.1) is 0 Å². The Balaban J connectivity index is 1.60. The predicted octanol–water partition coefficient (Wildman–Crippen LogP) is 6.41. The van der Waals surface area contributed by atoms with Crippen molar-refractivity contribution in [2.45, 2.75) is 18.7 Å². The molecular formula is C21H16BrClN2O2S. The monoisotopic (exact) mass is 474 g/mol. The Bertz CT molecular complexity index is 1070. The van der Waals surface area contributed by atoms with Crippen LogP contribution in [0.25, 0.3) is 0 Å². The lowest BCUT2D eigenvalue weighted by Gasteiger charge is -2.38. The number of hydrazone groups is 1. The highest BCUT2D eigenvalue weighted by Gasteiger charge is 2.41. The van der Waals surface area contributed by atoms with E-state index in [4.69, 9.17) is 26.2 Å². The third-order valence-corrected chi connectivity index (χ3v) is 6.79. The average molecular weight is 476 g/mol. The summed E-state index contributed by atoms with van der Waals surface area (Å²) in [7, 11) is 1.66. The maximum Gasteiger partial charge on any atom is 0.213 e. The summed E-state index contributed by atoms with van der Waals surface area (Å²) in [6.45, 7) is 0. The minimum Gasteiger partial charge on any atom is -0.496 e. The molecule has 7 heteroatoms. The summed E-state index contributed by atoms with van der Waals surface area (Å²) in [6.07, 6.45) is 0.503. The van der Waals surface area contributed by atoms with E-state index in [1.165, 1.54) is 4.88 Å². The van der Waals surface area contributed by atoms with Gasteiger partial charge in [0.1, 0.15) is 11.5 Å². The van der Waals surface area contributed by atoms with Crippen LogP contribution in [0.3, 0.4) is 0 Å². The van der Waals surface area contributed by atoms with E-state index in [0.29, 0.717) is 5.02 Å². The van der Waals surface area contributed by atoms with Crippen molar-refractivity contribution in [1.82, 2.24) is 5.01 Å². The zero-order chi connectivity index (χ0) is 19.3. The van der Waals surface area contributed by atoms with Gasteiger partial charge in [-0.05, 0) is 63.8 Å². The highest BCUT2D eigenvalue weighted by atomic mass is 79.9. The molecule has 28 heavy (non-hydrogen) atoms. The quantitative estimate of drug-likeness (QED) is 0.438. The van der Waals surface area contributed by atoms with Gasteiger partial charge in [0.05, 0.1) is 28.2 Å². The summed E-state index contributed by atoms with van der Waals surface area (Å²) in [5.74, 6) is 1.64. The molecule has 0 fully saturated rings. The second kappa shape index (κ2) is 7.10. The number of hydrogen-bond donors (Lipinski definition) is 0. The molecule has 0 bridgehead atoms. The number of thiophene rings is 1. The van der Waals surface area contributed by atoms with Gasteiger partial charge in [0, 0.05) is 22.6 Å². The molecule has 0 spiro atoms. The minimum atomic E-state index is -0.321. The van der Waals surface area contributed by atoms with Crippen LogP contribution in [0.1, 0.15) is 34.7 Å². The van der Waals surface area contributed by atoms with Crippen LogP contribution in [0.4, 0.5) is 0 Å². The van der Waals surface area contributed by atoms with Crippen molar-refractivity contribution in [1.29, 1.82) is 0 Å². The minimum absolute atomic E-state index is 0.0884. The van der Waals surface area contributed by atoms with E-state index in [1.54, 1.807) is 18.4 Å². The summed E-state index contributed by atoms with van der Waals surface area (Å²) in [4.78, 5) is 1.19. The van der Waals surface area contributed by atoms with Crippen molar-refractivity contribution < 1.29 is 9.47 Å². The Morgan fingerprint density at radius 2 is 2.14 bits per heavy atom. The lowest BCUT2D eigenvalue weighted by Crippen LogP contribution is -2.33. The molecule has 0 amide bonds. The largest absolute Gasteiger partial charge is 0.496 e. The number of halogens is 2. The van der Waals surface area contributed by atoms with Crippen LogP contribution in [0.15, 0.2) is 63.5 Å². The van der Waals surface area contributed by atoms with Crippen LogP contribution in [-0.4, -0.2) is 17.8 Å². The maximum absolute atomic E-state index is 6.38. The molecule has 1 aromatic heterocycles. The van der Waals surface area contributed by atoms with Crippen molar-refractivity contribution >= 4 is 44.6 Å². The van der Waals surface area contributed by atoms with Crippen molar-refractivity contribution in [2.24, 2.45) is 5.10 Å². The van der Waals surface area contributed by atoms with Crippen LogP contribution in [0.2, 0.25) is 5.02 Å². The first-order valence-corrected chi connectivity index (χ1v) is 10.9. The smallest absolute Gasteiger partial charge is 0.213 e. The van der Waals surface area contributed by atoms with E-state index in [9.17, 15) is 0 Å². The Hall–Kier alpha value is -2.02. The summed E-state index contributed by atoms with van der Waals surface area (Å²) in [6, 6.07) is 16.0. The molecule has 3 heterocycles. The van der Waals surface area contributed by atoms with Crippen LogP contribution in [0.5, 0.6) is 11.5 Å². The molecule has 2 aliphatic rings. The van der Waals surface area contributed by atoms with Crippen molar-refractivity contribution in [3.05, 3.63) is 79.4 Å². The van der Waals surface area contributed by atoms with Gasteiger partial charge in [-0.2, -0.15) is 5.10 Å². The van der Waals surface area contributed by atoms with Gasteiger partial charge in [-0.1, -0.05) is 17.7 Å². The molecule has 2 atom stereocenters. The van der Waals surface area contributed by atoms with Crippen molar-refractivity contribution in [2.75, 3.05) is 7.11 Å². The summed E-state index contributed by atoms with van der Waals surface area (Å²) in [5.41, 5.74) is 3.16. The fourth-order valence-corrected chi connectivity index (χ4v) is 5.17. The molecule has 0 aliphatic carbocycles. The van der Waals surface area contributed by atoms with E-state index in [1.807, 2.05) is 36.4 Å². The van der Waals surface area contributed by atoms with Gasteiger partial charge in [-0.15, -0.1) is 11.3 Å². The lowest BCUT2D eigenvalue weighted by atomic mass is 9.97. The second-order valence-corrected chi connectivity index (χ2v) is 8.91. The number of rotatable bonds is 3. The highest BCUT2D eigenvalue weighted by molar-refractivity contribution is 9.10. The Kier molecular flexibility index (Phi) is 4.57. The molecule has 142 valence electrons. The topological polar surface area (TPSA) is 34.1 Å². The number of nitrogens with zero attached hydrogens (tertiary/aromatic N) is 2. The molecule has 0 saturated heterocycles. The van der Waals surface area contributed by atoms with Gasteiger partial charge in [0.15, 0.2) is 0 Å². The van der Waals surface area contributed by atoms with Crippen LogP contribution in [-0.2, 0) is 0 Å². The molecule has 5 rings (SSSR count). The zero-order valence-electron chi connectivity index (χ0n) is 14.9. The first-order chi connectivity index (χ1) is 13.6. The first-order valence-electron chi connectivity index (χ1n) is 8.83. The summed E-state index contributed by atoms with van der Waals surface area (Å²) in [5, 5.41) is 9.80. The molecule has 0 unspecified atom stereocenters.